The normalized spacial score (nSPS) is 34.7. The standard InChI is InChI=1S/C9H14N2O/c1-4-8-12-9(5-1)11-7-3-2-6-10-11/h2-3,6-7,9,11H,1,4-5,8H2. The molecule has 12 heavy (non-hydrogen) atoms. The number of rotatable bonds is 1. The lowest BCUT2D eigenvalue weighted by Gasteiger charge is -2.36. The van der Waals surface area contributed by atoms with E-state index < -0.39 is 0 Å². The Kier molecular flexibility index (Phi) is 2.44. The highest BCUT2D eigenvalue weighted by Crippen LogP contribution is 2.08. The summed E-state index contributed by atoms with van der Waals surface area (Å²) in [4.78, 5) is 0. The number of hydrogen-bond acceptors (Lipinski definition) is 1. The Bertz CT molecular complexity index is 195. The first kappa shape index (κ1) is 7.83. The van der Waals surface area contributed by atoms with E-state index in [1.54, 1.807) is 0 Å². The first-order chi connectivity index (χ1) is 5.97. The maximum Gasteiger partial charge on any atom is 0.191 e. The van der Waals surface area contributed by atoms with E-state index in [1.165, 1.54) is 12.8 Å². The summed E-state index contributed by atoms with van der Waals surface area (Å²) < 4.78 is 5.60. The van der Waals surface area contributed by atoms with Crippen LogP contribution in [0.2, 0.25) is 0 Å². The maximum atomic E-state index is 5.60. The van der Waals surface area contributed by atoms with Crippen LogP contribution in [0, 0.1) is 0 Å². The summed E-state index contributed by atoms with van der Waals surface area (Å²) >= 11 is 0. The highest BCUT2D eigenvalue weighted by molar-refractivity contribution is 5.07. The molecule has 0 spiro atoms. The van der Waals surface area contributed by atoms with E-state index in [9.17, 15) is 0 Å². The third-order valence-electron chi connectivity index (χ3n) is 2.20. The summed E-state index contributed by atoms with van der Waals surface area (Å²) in [5, 5.41) is 1.08. The van der Waals surface area contributed by atoms with Crippen LogP contribution < -0.4 is 5.01 Å². The van der Waals surface area contributed by atoms with Crippen LogP contribution >= 0.6 is 0 Å². The van der Waals surface area contributed by atoms with Crippen molar-refractivity contribution < 1.29 is 9.75 Å². The minimum Gasteiger partial charge on any atom is -0.488 e. The fraction of sp³-hybridized carbons (Fsp3) is 0.556. The van der Waals surface area contributed by atoms with E-state index in [0.717, 1.165) is 18.0 Å². The molecule has 1 fully saturated rings. The van der Waals surface area contributed by atoms with Gasteiger partial charge in [-0.2, -0.15) is 0 Å². The Labute approximate surface area is 72.7 Å². The second kappa shape index (κ2) is 3.74. The Balaban J connectivity index is 1.90. The number of hydrogen-bond donors (Lipinski definition) is 1. The topological polar surface area (TPSA) is 27.8 Å². The fourth-order valence-corrected chi connectivity index (χ4v) is 1.54. The summed E-state index contributed by atoms with van der Waals surface area (Å²) in [7, 11) is 0. The summed E-state index contributed by atoms with van der Waals surface area (Å²) in [5.41, 5.74) is 4.28. The van der Waals surface area contributed by atoms with Crippen LogP contribution in [0.25, 0.3) is 5.43 Å². The first-order valence-corrected chi connectivity index (χ1v) is 4.49. The highest BCUT2D eigenvalue weighted by atomic mass is 16.5. The molecule has 2 rings (SSSR count). The lowest BCUT2D eigenvalue weighted by Crippen LogP contribution is -3.08. The lowest BCUT2D eigenvalue weighted by molar-refractivity contribution is -0.864. The molecule has 66 valence electrons. The summed E-state index contributed by atoms with van der Waals surface area (Å²) in [5.74, 6) is 0. The zero-order valence-electron chi connectivity index (χ0n) is 7.07. The van der Waals surface area contributed by atoms with E-state index in [1.807, 2.05) is 24.6 Å². The molecule has 1 N–H and O–H groups in total. The van der Waals surface area contributed by atoms with Crippen molar-refractivity contribution >= 4 is 0 Å². The van der Waals surface area contributed by atoms with Crippen LogP contribution in [0.5, 0.6) is 0 Å². The Morgan fingerprint density at radius 1 is 1.33 bits per heavy atom. The molecule has 2 aliphatic rings. The van der Waals surface area contributed by atoms with Gasteiger partial charge in [-0.3, -0.25) is 0 Å². The minimum atomic E-state index is 0.250. The monoisotopic (exact) mass is 166 g/mol. The molecule has 2 heterocycles. The van der Waals surface area contributed by atoms with Crippen LogP contribution in [0.1, 0.15) is 19.3 Å². The van der Waals surface area contributed by atoms with Gasteiger partial charge in [0.05, 0.1) is 12.8 Å². The van der Waals surface area contributed by atoms with Gasteiger partial charge in [0.1, 0.15) is 0 Å². The van der Waals surface area contributed by atoms with Gasteiger partial charge in [0.2, 0.25) is 0 Å². The van der Waals surface area contributed by atoms with Gasteiger partial charge in [-0.05, 0) is 18.9 Å². The molecule has 2 unspecified atom stereocenters. The fourth-order valence-electron chi connectivity index (χ4n) is 1.54. The van der Waals surface area contributed by atoms with Crippen molar-refractivity contribution in [2.45, 2.75) is 25.5 Å². The van der Waals surface area contributed by atoms with E-state index in [0.29, 0.717) is 0 Å². The molecule has 0 radical (unpaired) electrons. The number of allylic oxidation sites excluding steroid dienone is 2. The largest absolute Gasteiger partial charge is 0.488 e. The van der Waals surface area contributed by atoms with Gasteiger partial charge in [-0.25, -0.2) is 0 Å². The Hall–Kier alpha value is -0.800. The van der Waals surface area contributed by atoms with Crippen molar-refractivity contribution in [1.29, 1.82) is 0 Å². The second-order valence-corrected chi connectivity index (χ2v) is 3.11. The number of ether oxygens (including phenoxy) is 1. The van der Waals surface area contributed by atoms with Crippen LogP contribution in [0.3, 0.4) is 0 Å². The molecular weight excluding hydrogens is 152 g/mol. The van der Waals surface area contributed by atoms with E-state index >= 15 is 0 Å². The highest BCUT2D eigenvalue weighted by Gasteiger charge is 2.19. The van der Waals surface area contributed by atoms with Crippen molar-refractivity contribution in [2.24, 2.45) is 0 Å². The Morgan fingerprint density at radius 2 is 2.33 bits per heavy atom. The van der Waals surface area contributed by atoms with Crippen LogP contribution in [-0.2, 0) is 4.74 Å². The number of nitrogens with one attached hydrogen (secondary N) is 1. The molecule has 0 aromatic rings. The molecule has 0 saturated carbocycles. The third-order valence-corrected chi connectivity index (χ3v) is 2.20. The predicted molar refractivity (Wildman–Crippen MR) is 46.2 cm³/mol. The predicted octanol–water partition coefficient (Wildman–Crippen LogP) is 0.728. The van der Waals surface area contributed by atoms with Crippen molar-refractivity contribution in [3.8, 4) is 0 Å². The van der Waals surface area contributed by atoms with Crippen molar-refractivity contribution in [2.75, 3.05) is 6.61 Å². The van der Waals surface area contributed by atoms with Gasteiger partial charge >= 0.3 is 0 Å². The quantitative estimate of drug-likeness (QED) is 0.611. The zero-order valence-corrected chi connectivity index (χ0v) is 7.07. The summed E-state index contributed by atoms with van der Waals surface area (Å²) in [6.07, 6.45) is 11.7. The molecule has 3 heteroatoms. The van der Waals surface area contributed by atoms with Gasteiger partial charge in [0.15, 0.2) is 6.23 Å². The van der Waals surface area contributed by atoms with Crippen LogP contribution in [0.4, 0.5) is 0 Å². The van der Waals surface area contributed by atoms with Crippen molar-refractivity contribution in [3.63, 3.8) is 0 Å². The molecule has 1 saturated heterocycles. The average molecular weight is 166 g/mol. The molecular formula is C9H14N2O. The molecule has 2 aliphatic heterocycles. The van der Waals surface area contributed by atoms with Gasteiger partial charge in [0.25, 0.3) is 0 Å². The van der Waals surface area contributed by atoms with Gasteiger partial charge in [-0.1, -0.05) is 6.08 Å². The zero-order chi connectivity index (χ0) is 8.23. The molecule has 3 nitrogen and oxygen atoms in total. The molecule has 0 aliphatic carbocycles. The molecule has 0 bridgehead atoms. The molecule has 0 aromatic heterocycles. The van der Waals surface area contributed by atoms with Crippen molar-refractivity contribution in [3.05, 3.63) is 30.0 Å². The van der Waals surface area contributed by atoms with E-state index in [-0.39, 0.29) is 6.23 Å². The Morgan fingerprint density at radius 3 is 3.00 bits per heavy atom. The second-order valence-electron chi connectivity index (χ2n) is 3.11. The smallest absolute Gasteiger partial charge is 0.191 e. The summed E-state index contributed by atoms with van der Waals surface area (Å²) in [6, 6.07) is 0. The lowest BCUT2D eigenvalue weighted by atomic mass is 10.2. The first-order valence-electron chi connectivity index (χ1n) is 4.49. The van der Waals surface area contributed by atoms with Gasteiger partial charge in [0, 0.05) is 6.42 Å². The number of quaternary nitrogens is 1. The third kappa shape index (κ3) is 1.68. The molecule has 2 atom stereocenters. The molecule has 0 aromatic carbocycles. The minimum absolute atomic E-state index is 0.250. The summed E-state index contributed by atoms with van der Waals surface area (Å²) in [6.45, 7) is 0.890. The maximum absolute atomic E-state index is 5.60. The molecule has 0 amide bonds. The van der Waals surface area contributed by atoms with Crippen LogP contribution in [-0.4, -0.2) is 12.8 Å². The van der Waals surface area contributed by atoms with E-state index in [2.05, 4.69) is 5.43 Å². The average Bonchev–Trinajstić information content (AvgIpc) is 2.21. The van der Waals surface area contributed by atoms with Gasteiger partial charge < -0.3 is 15.2 Å². The van der Waals surface area contributed by atoms with Gasteiger partial charge in [-0.15, -0.1) is 6.20 Å². The van der Waals surface area contributed by atoms with Crippen molar-refractivity contribution in [1.82, 2.24) is 0 Å². The van der Waals surface area contributed by atoms with Crippen LogP contribution in [0.15, 0.2) is 24.6 Å². The van der Waals surface area contributed by atoms with E-state index in [4.69, 9.17) is 4.74 Å². The number of nitrogens with zero attached hydrogens (tertiary/aromatic N) is 1. The SMILES string of the molecule is C1=C[N-][NH+](C2CCCCO2)C=C1.